The van der Waals surface area contributed by atoms with Crippen LogP contribution in [0.15, 0.2) is 18.2 Å². The van der Waals surface area contributed by atoms with Gasteiger partial charge in [-0.25, -0.2) is 0 Å². The Balaban J connectivity index is 2.13. The van der Waals surface area contributed by atoms with E-state index < -0.39 is 0 Å². The fourth-order valence-electron chi connectivity index (χ4n) is 4.27. The molecule has 1 atom stereocenters. The van der Waals surface area contributed by atoms with Gasteiger partial charge in [-0.15, -0.1) is 0 Å². The highest BCUT2D eigenvalue weighted by molar-refractivity contribution is 5.46. The highest BCUT2D eigenvalue weighted by Gasteiger charge is 2.45. The van der Waals surface area contributed by atoms with Crippen molar-refractivity contribution in [3.8, 4) is 11.5 Å². The molecule has 0 saturated heterocycles. The minimum atomic E-state index is 0.212. The van der Waals surface area contributed by atoms with Gasteiger partial charge in [0.1, 0.15) is 0 Å². The molecule has 1 unspecified atom stereocenters. The third-order valence-electron chi connectivity index (χ3n) is 5.89. The molecule has 0 amide bonds. The van der Waals surface area contributed by atoms with Crippen molar-refractivity contribution in [1.82, 2.24) is 5.32 Å². The second-order valence-corrected chi connectivity index (χ2v) is 8.12. The monoisotopic (exact) mass is 377 g/mol. The van der Waals surface area contributed by atoms with E-state index in [1.54, 1.807) is 14.2 Å². The second kappa shape index (κ2) is 10.9. The van der Waals surface area contributed by atoms with Crippen LogP contribution in [0.2, 0.25) is 0 Å². The summed E-state index contributed by atoms with van der Waals surface area (Å²) in [5, 5.41) is 3.91. The van der Waals surface area contributed by atoms with Gasteiger partial charge in [-0.1, -0.05) is 26.3 Å². The molecule has 1 aromatic carbocycles. The average Bonchev–Trinajstić information content (AvgIpc) is 2.62. The molecule has 1 aromatic rings. The molecule has 1 aliphatic carbocycles. The Morgan fingerprint density at radius 1 is 1.07 bits per heavy atom. The Morgan fingerprint density at radius 3 is 2.37 bits per heavy atom. The zero-order valence-corrected chi connectivity index (χ0v) is 18.0. The first-order chi connectivity index (χ1) is 13.1. The molecule has 0 radical (unpaired) electrons. The number of hydrogen-bond acceptors (Lipinski definition) is 4. The van der Waals surface area contributed by atoms with E-state index in [1.165, 1.54) is 31.2 Å². The largest absolute Gasteiger partial charge is 0.493 e. The van der Waals surface area contributed by atoms with E-state index in [2.05, 4.69) is 44.3 Å². The SMILES string of the molecule is CCOCCCCNC(CC(C)C)C1(c2ccc(OC)c(OC)c2)CCC1. The first kappa shape index (κ1) is 22.0. The summed E-state index contributed by atoms with van der Waals surface area (Å²) in [7, 11) is 3.42. The average molecular weight is 378 g/mol. The molecule has 0 aliphatic heterocycles. The van der Waals surface area contributed by atoms with Crippen LogP contribution in [-0.2, 0) is 10.2 Å². The maximum absolute atomic E-state index is 5.58. The van der Waals surface area contributed by atoms with Crippen molar-refractivity contribution >= 4 is 0 Å². The summed E-state index contributed by atoms with van der Waals surface area (Å²) < 4.78 is 16.5. The molecule has 0 aromatic heterocycles. The molecule has 1 N–H and O–H groups in total. The standard InChI is InChI=1S/C23H39NO3/c1-6-27-15-8-7-14-24-22(16-18(2)3)23(12-9-13-23)19-10-11-20(25-4)21(17-19)26-5/h10-11,17-18,22,24H,6-9,12-16H2,1-5H3. The molecule has 1 saturated carbocycles. The first-order valence-electron chi connectivity index (χ1n) is 10.6. The Morgan fingerprint density at radius 2 is 1.81 bits per heavy atom. The highest BCUT2D eigenvalue weighted by atomic mass is 16.5. The summed E-state index contributed by atoms with van der Waals surface area (Å²) in [5.41, 5.74) is 1.60. The molecular formula is C23H39NO3. The molecule has 0 heterocycles. The van der Waals surface area contributed by atoms with Crippen molar-refractivity contribution in [2.24, 2.45) is 5.92 Å². The maximum Gasteiger partial charge on any atom is 0.161 e. The summed E-state index contributed by atoms with van der Waals surface area (Å²) in [6.45, 7) is 9.44. The number of benzene rings is 1. The molecule has 2 rings (SSSR count). The van der Waals surface area contributed by atoms with E-state index in [4.69, 9.17) is 14.2 Å². The third kappa shape index (κ3) is 5.61. The van der Waals surface area contributed by atoms with E-state index in [-0.39, 0.29) is 5.41 Å². The second-order valence-electron chi connectivity index (χ2n) is 8.12. The van der Waals surface area contributed by atoms with Gasteiger partial charge in [-0.05, 0) is 69.2 Å². The van der Waals surface area contributed by atoms with Crippen LogP contribution in [0.25, 0.3) is 0 Å². The summed E-state index contributed by atoms with van der Waals surface area (Å²) in [4.78, 5) is 0. The molecule has 4 nitrogen and oxygen atoms in total. The van der Waals surface area contributed by atoms with Gasteiger partial charge < -0.3 is 19.5 Å². The van der Waals surface area contributed by atoms with Gasteiger partial charge in [0.05, 0.1) is 14.2 Å². The zero-order chi connectivity index (χ0) is 19.7. The smallest absolute Gasteiger partial charge is 0.161 e. The number of methoxy groups -OCH3 is 2. The predicted molar refractivity (Wildman–Crippen MR) is 112 cm³/mol. The Hall–Kier alpha value is -1.26. The predicted octanol–water partition coefficient (Wildman–Crippen LogP) is 4.95. The third-order valence-corrected chi connectivity index (χ3v) is 5.89. The Labute approximate surface area is 166 Å². The van der Waals surface area contributed by atoms with E-state index in [9.17, 15) is 0 Å². The van der Waals surface area contributed by atoms with Gasteiger partial charge in [-0.3, -0.25) is 0 Å². The normalized spacial score (nSPS) is 16.8. The van der Waals surface area contributed by atoms with Crippen LogP contribution in [0.1, 0.15) is 64.9 Å². The lowest BCUT2D eigenvalue weighted by Crippen LogP contribution is -2.53. The van der Waals surface area contributed by atoms with Crippen LogP contribution < -0.4 is 14.8 Å². The van der Waals surface area contributed by atoms with Crippen molar-refractivity contribution < 1.29 is 14.2 Å². The lowest BCUT2D eigenvalue weighted by Gasteiger charge is -2.49. The Kier molecular flexibility index (Phi) is 8.91. The van der Waals surface area contributed by atoms with Crippen LogP contribution in [0.5, 0.6) is 11.5 Å². The van der Waals surface area contributed by atoms with Crippen LogP contribution in [0.4, 0.5) is 0 Å². The topological polar surface area (TPSA) is 39.7 Å². The summed E-state index contributed by atoms with van der Waals surface area (Å²) in [6.07, 6.45) is 7.27. The number of ether oxygens (including phenoxy) is 3. The van der Waals surface area contributed by atoms with Gasteiger partial charge >= 0.3 is 0 Å². The molecule has 27 heavy (non-hydrogen) atoms. The van der Waals surface area contributed by atoms with Gasteiger partial charge in [-0.2, -0.15) is 0 Å². The molecule has 1 fully saturated rings. The number of hydrogen-bond donors (Lipinski definition) is 1. The van der Waals surface area contributed by atoms with Crippen LogP contribution >= 0.6 is 0 Å². The summed E-state index contributed by atoms with van der Waals surface area (Å²) >= 11 is 0. The molecule has 0 bridgehead atoms. The zero-order valence-electron chi connectivity index (χ0n) is 18.0. The van der Waals surface area contributed by atoms with Crippen molar-refractivity contribution in [1.29, 1.82) is 0 Å². The van der Waals surface area contributed by atoms with Crippen LogP contribution in [-0.4, -0.2) is 40.0 Å². The lowest BCUT2D eigenvalue weighted by molar-refractivity contribution is 0.136. The van der Waals surface area contributed by atoms with Crippen LogP contribution in [0.3, 0.4) is 0 Å². The van der Waals surface area contributed by atoms with Crippen molar-refractivity contribution in [3.05, 3.63) is 23.8 Å². The maximum atomic E-state index is 5.58. The fourth-order valence-corrected chi connectivity index (χ4v) is 4.27. The number of unbranched alkanes of at least 4 members (excludes halogenated alkanes) is 1. The van der Waals surface area contributed by atoms with Gasteiger partial charge in [0.2, 0.25) is 0 Å². The Bertz CT molecular complexity index is 555. The van der Waals surface area contributed by atoms with E-state index in [0.717, 1.165) is 44.1 Å². The van der Waals surface area contributed by atoms with Crippen molar-refractivity contribution in [2.75, 3.05) is 34.0 Å². The minimum absolute atomic E-state index is 0.212. The molecular weight excluding hydrogens is 338 g/mol. The van der Waals surface area contributed by atoms with E-state index in [0.29, 0.717) is 12.0 Å². The van der Waals surface area contributed by atoms with E-state index in [1.807, 2.05) is 0 Å². The molecule has 154 valence electrons. The molecule has 1 aliphatic rings. The highest BCUT2D eigenvalue weighted by Crippen LogP contribution is 2.49. The summed E-state index contributed by atoms with van der Waals surface area (Å²) in [5.74, 6) is 2.31. The lowest BCUT2D eigenvalue weighted by atomic mass is 9.58. The van der Waals surface area contributed by atoms with E-state index >= 15 is 0 Å². The van der Waals surface area contributed by atoms with Crippen LogP contribution in [0, 0.1) is 5.92 Å². The number of rotatable bonds is 13. The fraction of sp³-hybridized carbons (Fsp3) is 0.739. The van der Waals surface area contributed by atoms with Gasteiger partial charge in [0.25, 0.3) is 0 Å². The first-order valence-corrected chi connectivity index (χ1v) is 10.6. The van der Waals surface area contributed by atoms with Gasteiger partial charge in [0.15, 0.2) is 11.5 Å². The molecule has 0 spiro atoms. The van der Waals surface area contributed by atoms with Crippen molar-refractivity contribution in [3.63, 3.8) is 0 Å². The van der Waals surface area contributed by atoms with Crippen molar-refractivity contribution in [2.45, 2.75) is 70.8 Å². The minimum Gasteiger partial charge on any atom is -0.493 e. The summed E-state index contributed by atoms with van der Waals surface area (Å²) in [6, 6.07) is 6.99. The molecule has 4 heteroatoms. The van der Waals surface area contributed by atoms with Gasteiger partial charge in [0, 0.05) is 24.7 Å². The number of nitrogens with one attached hydrogen (secondary N) is 1. The quantitative estimate of drug-likeness (QED) is 0.494.